The molecule has 126 valence electrons. The topological polar surface area (TPSA) is 41.6 Å². The van der Waals surface area contributed by atoms with Crippen LogP contribution in [0, 0.1) is 5.82 Å². The summed E-state index contributed by atoms with van der Waals surface area (Å²) >= 11 is 0. The standard InChI is InChI=1S/C19H21FN2O2/c1-24-18-8-4-15(5-9-18)16-10-11-22(13-16)19(23)21-12-14-2-6-17(20)7-3-14/h2-9,16H,10-13H2,1H3,(H,21,23). The summed E-state index contributed by atoms with van der Waals surface area (Å²) in [6.07, 6.45) is 0.955. The molecule has 2 aromatic carbocycles. The first kappa shape index (κ1) is 16.3. The zero-order chi connectivity index (χ0) is 16.9. The lowest BCUT2D eigenvalue weighted by Crippen LogP contribution is -2.37. The van der Waals surface area contributed by atoms with E-state index in [0.29, 0.717) is 19.0 Å². The molecule has 0 saturated carbocycles. The fourth-order valence-corrected chi connectivity index (χ4v) is 2.98. The van der Waals surface area contributed by atoms with Crippen molar-refractivity contribution in [1.82, 2.24) is 10.2 Å². The Morgan fingerprint density at radius 1 is 1.21 bits per heavy atom. The van der Waals surface area contributed by atoms with E-state index in [1.807, 2.05) is 17.0 Å². The van der Waals surface area contributed by atoms with E-state index in [-0.39, 0.29) is 11.8 Å². The summed E-state index contributed by atoms with van der Waals surface area (Å²) in [6, 6.07) is 14.1. The first-order valence-electron chi connectivity index (χ1n) is 8.07. The molecule has 0 radical (unpaired) electrons. The van der Waals surface area contributed by atoms with Crippen molar-refractivity contribution in [3.05, 3.63) is 65.5 Å². The van der Waals surface area contributed by atoms with Crippen molar-refractivity contribution in [2.75, 3.05) is 20.2 Å². The number of urea groups is 1. The van der Waals surface area contributed by atoms with E-state index in [1.165, 1.54) is 17.7 Å². The molecule has 1 atom stereocenters. The molecule has 0 bridgehead atoms. The van der Waals surface area contributed by atoms with Crippen molar-refractivity contribution in [3.63, 3.8) is 0 Å². The summed E-state index contributed by atoms with van der Waals surface area (Å²) in [6.45, 7) is 1.86. The summed E-state index contributed by atoms with van der Waals surface area (Å²) in [7, 11) is 1.65. The van der Waals surface area contributed by atoms with Gasteiger partial charge in [0.15, 0.2) is 0 Å². The van der Waals surface area contributed by atoms with Gasteiger partial charge in [-0.15, -0.1) is 0 Å². The Kier molecular flexibility index (Phi) is 4.99. The van der Waals surface area contributed by atoms with Crippen LogP contribution < -0.4 is 10.1 Å². The fourth-order valence-electron chi connectivity index (χ4n) is 2.98. The number of halogens is 1. The van der Waals surface area contributed by atoms with Crippen molar-refractivity contribution in [2.45, 2.75) is 18.9 Å². The molecule has 2 aromatic rings. The minimum Gasteiger partial charge on any atom is -0.497 e. The maximum absolute atomic E-state index is 12.9. The first-order chi connectivity index (χ1) is 11.7. The average Bonchev–Trinajstić information content (AvgIpc) is 3.11. The van der Waals surface area contributed by atoms with E-state index >= 15 is 0 Å². The third-order valence-electron chi connectivity index (χ3n) is 4.42. The molecule has 1 fully saturated rings. The number of methoxy groups -OCH3 is 1. The lowest BCUT2D eigenvalue weighted by atomic mass is 9.98. The Bertz CT molecular complexity index is 686. The molecule has 5 heteroatoms. The zero-order valence-electron chi connectivity index (χ0n) is 13.7. The van der Waals surface area contributed by atoms with Crippen LogP contribution in [0.4, 0.5) is 9.18 Å². The van der Waals surface area contributed by atoms with Gasteiger partial charge < -0.3 is 15.0 Å². The van der Waals surface area contributed by atoms with Crippen molar-refractivity contribution >= 4 is 6.03 Å². The number of rotatable bonds is 4. The molecule has 1 aliphatic rings. The van der Waals surface area contributed by atoms with Gasteiger partial charge in [0, 0.05) is 25.6 Å². The maximum atomic E-state index is 12.9. The zero-order valence-corrected chi connectivity index (χ0v) is 13.7. The van der Waals surface area contributed by atoms with Crippen molar-refractivity contribution < 1.29 is 13.9 Å². The van der Waals surface area contributed by atoms with Crippen LogP contribution in [0.5, 0.6) is 5.75 Å². The van der Waals surface area contributed by atoms with Gasteiger partial charge in [-0.05, 0) is 41.8 Å². The molecular weight excluding hydrogens is 307 g/mol. The molecule has 2 amide bonds. The van der Waals surface area contributed by atoms with Gasteiger partial charge in [-0.1, -0.05) is 24.3 Å². The SMILES string of the molecule is COc1ccc(C2CCN(C(=O)NCc3ccc(F)cc3)C2)cc1. The predicted molar refractivity (Wildman–Crippen MR) is 90.6 cm³/mol. The summed E-state index contributed by atoms with van der Waals surface area (Å²) in [5, 5.41) is 2.90. The number of nitrogens with zero attached hydrogens (tertiary/aromatic N) is 1. The molecule has 1 saturated heterocycles. The second-order valence-electron chi connectivity index (χ2n) is 5.99. The van der Waals surface area contributed by atoms with Crippen LogP contribution in [0.15, 0.2) is 48.5 Å². The van der Waals surface area contributed by atoms with Crippen LogP contribution >= 0.6 is 0 Å². The Labute approximate surface area is 141 Å². The van der Waals surface area contributed by atoms with Crippen LogP contribution in [0.2, 0.25) is 0 Å². The van der Waals surface area contributed by atoms with Crippen LogP contribution in [-0.4, -0.2) is 31.1 Å². The van der Waals surface area contributed by atoms with Gasteiger partial charge in [-0.25, -0.2) is 9.18 Å². The number of amides is 2. The van der Waals surface area contributed by atoms with Gasteiger partial charge in [0.25, 0.3) is 0 Å². The first-order valence-corrected chi connectivity index (χ1v) is 8.07. The summed E-state index contributed by atoms with van der Waals surface area (Å²) in [4.78, 5) is 14.1. The minimum absolute atomic E-state index is 0.0738. The van der Waals surface area contributed by atoms with Gasteiger partial charge in [0.05, 0.1) is 7.11 Å². The molecule has 1 heterocycles. The van der Waals surface area contributed by atoms with Crippen molar-refractivity contribution in [1.29, 1.82) is 0 Å². The molecule has 4 nitrogen and oxygen atoms in total. The number of hydrogen-bond acceptors (Lipinski definition) is 2. The Balaban J connectivity index is 1.52. The number of hydrogen-bond donors (Lipinski definition) is 1. The van der Waals surface area contributed by atoms with Gasteiger partial charge in [0.1, 0.15) is 11.6 Å². The van der Waals surface area contributed by atoms with Gasteiger partial charge >= 0.3 is 6.03 Å². The van der Waals surface area contributed by atoms with Crippen LogP contribution in [-0.2, 0) is 6.54 Å². The molecule has 24 heavy (non-hydrogen) atoms. The number of benzene rings is 2. The fraction of sp³-hybridized carbons (Fsp3) is 0.316. The number of ether oxygens (including phenoxy) is 1. The molecular formula is C19H21FN2O2. The highest BCUT2D eigenvalue weighted by Gasteiger charge is 2.27. The quantitative estimate of drug-likeness (QED) is 0.933. The minimum atomic E-state index is -0.271. The van der Waals surface area contributed by atoms with Gasteiger partial charge in [-0.3, -0.25) is 0 Å². The van der Waals surface area contributed by atoms with Crippen LogP contribution in [0.25, 0.3) is 0 Å². The normalized spacial score (nSPS) is 16.9. The smallest absolute Gasteiger partial charge is 0.317 e. The van der Waals surface area contributed by atoms with Crippen LogP contribution in [0.1, 0.15) is 23.5 Å². The largest absolute Gasteiger partial charge is 0.497 e. The Morgan fingerprint density at radius 2 is 1.92 bits per heavy atom. The lowest BCUT2D eigenvalue weighted by molar-refractivity contribution is 0.208. The lowest BCUT2D eigenvalue weighted by Gasteiger charge is -2.17. The van der Waals surface area contributed by atoms with E-state index < -0.39 is 0 Å². The summed E-state index contributed by atoms with van der Waals surface area (Å²) < 4.78 is 18.1. The number of carbonyl (C=O) groups excluding carboxylic acids is 1. The molecule has 1 N–H and O–H groups in total. The molecule has 1 unspecified atom stereocenters. The third kappa shape index (κ3) is 3.85. The predicted octanol–water partition coefficient (Wildman–Crippen LogP) is 3.53. The molecule has 3 rings (SSSR count). The summed E-state index contributed by atoms with van der Waals surface area (Å²) in [5.41, 5.74) is 2.11. The number of nitrogens with one attached hydrogen (secondary N) is 1. The molecule has 0 aliphatic carbocycles. The maximum Gasteiger partial charge on any atom is 0.317 e. The second-order valence-corrected chi connectivity index (χ2v) is 5.99. The highest BCUT2D eigenvalue weighted by Crippen LogP contribution is 2.28. The number of likely N-dealkylation sites (tertiary alicyclic amines) is 1. The van der Waals surface area contributed by atoms with E-state index in [0.717, 1.165) is 24.3 Å². The van der Waals surface area contributed by atoms with E-state index in [2.05, 4.69) is 17.4 Å². The molecule has 1 aliphatic heterocycles. The second kappa shape index (κ2) is 7.34. The van der Waals surface area contributed by atoms with E-state index in [1.54, 1.807) is 19.2 Å². The highest BCUT2D eigenvalue weighted by molar-refractivity contribution is 5.74. The Hall–Kier alpha value is -2.56. The monoisotopic (exact) mass is 328 g/mol. The average molecular weight is 328 g/mol. The van der Waals surface area contributed by atoms with E-state index in [9.17, 15) is 9.18 Å². The van der Waals surface area contributed by atoms with Crippen molar-refractivity contribution in [2.24, 2.45) is 0 Å². The van der Waals surface area contributed by atoms with E-state index in [4.69, 9.17) is 4.74 Å². The Morgan fingerprint density at radius 3 is 2.58 bits per heavy atom. The third-order valence-corrected chi connectivity index (χ3v) is 4.42. The molecule has 0 spiro atoms. The number of carbonyl (C=O) groups is 1. The summed E-state index contributed by atoms with van der Waals surface area (Å²) in [5.74, 6) is 0.921. The van der Waals surface area contributed by atoms with Gasteiger partial charge in [-0.2, -0.15) is 0 Å². The van der Waals surface area contributed by atoms with Gasteiger partial charge in [0.2, 0.25) is 0 Å². The highest BCUT2D eigenvalue weighted by atomic mass is 19.1. The van der Waals surface area contributed by atoms with Crippen molar-refractivity contribution in [3.8, 4) is 5.75 Å². The van der Waals surface area contributed by atoms with Crippen LogP contribution in [0.3, 0.4) is 0 Å². The molecule has 0 aromatic heterocycles.